The maximum atomic E-state index is 12.0. The normalized spacial score (nSPS) is 13.7. The summed E-state index contributed by atoms with van der Waals surface area (Å²) in [6, 6.07) is 6.73. The van der Waals surface area contributed by atoms with Crippen LogP contribution in [0.1, 0.15) is 20.7 Å². The molecule has 0 saturated carbocycles. The summed E-state index contributed by atoms with van der Waals surface area (Å²) in [4.78, 5) is 26.5. The van der Waals surface area contributed by atoms with Crippen LogP contribution in [0.3, 0.4) is 0 Å². The van der Waals surface area contributed by atoms with Crippen molar-refractivity contribution in [2.75, 3.05) is 13.1 Å². The minimum atomic E-state index is -0.294. The maximum Gasteiger partial charge on any atom is 0.261 e. The van der Waals surface area contributed by atoms with Gasteiger partial charge in [0.05, 0.1) is 11.1 Å². The Morgan fingerprint density at radius 2 is 1.78 bits per heavy atom. The van der Waals surface area contributed by atoms with Crippen molar-refractivity contribution in [3.05, 3.63) is 54.9 Å². The smallest absolute Gasteiger partial charge is 0.261 e. The molecule has 0 atom stereocenters. The van der Waals surface area contributed by atoms with Crippen molar-refractivity contribution >= 4 is 11.8 Å². The van der Waals surface area contributed by atoms with E-state index in [1.165, 1.54) is 16.0 Å². The third-order valence-electron chi connectivity index (χ3n) is 2.84. The van der Waals surface area contributed by atoms with Crippen LogP contribution in [0.15, 0.2) is 37.0 Å². The lowest BCUT2D eigenvalue weighted by Gasteiger charge is -2.19. The van der Waals surface area contributed by atoms with Gasteiger partial charge in [0, 0.05) is 13.1 Å². The van der Waals surface area contributed by atoms with Gasteiger partial charge in [-0.15, -0.1) is 0 Å². The molecule has 0 fully saturated rings. The molecule has 0 aliphatic carbocycles. The lowest BCUT2D eigenvalue weighted by atomic mass is 10.1. The molecule has 18 heavy (non-hydrogen) atoms. The van der Waals surface area contributed by atoms with E-state index in [1.807, 2.05) is 0 Å². The molecule has 93 valence electrons. The number of rotatable bonds is 5. The first-order valence-electron chi connectivity index (χ1n) is 5.50. The predicted octanol–water partition coefficient (Wildman–Crippen LogP) is 1.22. The quantitative estimate of drug-likeness (QED) is 0.792. The first kappa shape index (κ1) is 12.3. The first-order chi connectivity index (χ1) is 8.69. The number of hydrogen-bond donors (Lipinski definition) is 1. The van der Waals surface area contributed by atoms with Gasteiger partial charge in [-0.1, -0.05) is 18.7 Å². The van der Waals surface area contributed by atoms with Crippen molar-refractivity contribution in [3.63, 3.8) is 0 Å². The fourth-order valence-corrected chi connectivity index (χ4v) is 1.85. The molecule has 2 amide bonds. The molecule has 0 saturated heterocycles. The van der Waals surface area contributed by atoms with E-state index < -0.39 is 0 Å². The number of imide groups is 1. The Hall–Kier alpha value is -2.14. The number of amides is 2. The van der Waals surface area contributed by atoms with Crippen molar-refractivity contribution < 1.29 is 14.7 Å². The van der Waals surface area contributed by atoms with Gasteiger partial charge in [0.2, 0.25) is 0 Å². The van der Waals surface area contributed by atoms with Crippen molar-refractivity contribution in [2.24, 2.45) is 0 Å². The topological polar surface area (TPSA) is 60.9 Å². The molecule has 2 rings (SSSR count). The zero-order valence-corrected chi connectivity index (χ0v) is 9.74. The van der Waals surface area contributed by atoms with Crippen LogP contribution in [-0.2, 0) is 0 Å². The molecule has 0 unspecified atom stereocenters. The molecule has 1 aliphatic heterocycles. The van der Waals surface area contributed by atoms with Gasteiger partial charge in [0.1, 0.15) is 0 Å². The standard InChI is InChI=1S/C13H13N2O3/c1-2-14(9-16)7-8-15-12(17)10-5-3-4-6-11(10)13(15)18/h2-6,9,16H,1,7-8H2. The van der Waals surface area contributed by atoms with Crippen molar-refractivity contribution in [3.8, 4) is 0 Å². The fourth-order valence-electron chi connectivity index (χ4n) is 1.85. The summed E-state index contributed by atoms with van der Waals surface area (Å²) >= 11 is 0. The highest BCUT2D eigenvalue weighted by Crippen LogP contribution is 2.21. The van der Waals surface area contributed by atoms with Crippen LogP contribution < -0.4 is 0 Å². The van der Waals surface area contributed by atoms with Gasteiger partial charge in [-0.05, 0) is 18.3 Å². The van der Waals surface area contributed by atoms with Gasteiger partial charge in [-0.3, -0.25) is 14.5 Å². The Balaban J connectivity index is 2.11. The summed E-state index contributed by atoms with van der Waals surface area (Å²) < 4.78 is 0. The number of hydrogen-bond acceptors (Lipinski definition) is 4. The van der Waals surface area contributed by atoms with Crippen LogP contribution in [0.5, 0.6) is 0 Å². The van der Waals surface area contributed by atoms with Gasteiger partial charge >= 0.3 is 0 Å². The van der Waals surface area contributed by atoms with Gasteiger partial charge in [0.25, 0.3) is 11.8 Å². The second-order valence-corrected chi connectivity index (χ2v) is 3.84. The van der Waals surface area contributed by atoms with Crippen LogP contribution in [0.2, 0.25) is 0 Å². The second-order valence-electron chi connectivity index (χ2n) is 3.84. The molecular weight excluding hydrogens is 232 g/mol. The Labute approximate surface area is 105 Å². The Morgan fingerprint density at radius 1 is 1.22 bits per heavy atom. The van der Waals surface area contributed by atoms with Crippen molar-refractivity contribution in [1.82, 2.24) is 9.80 Å². The number of nitrogens with zero attached hydrogens (tertiary/aromatic N) is 2. The van der Waals surface area contributed by atoms with E-state index in [-0.39, 0.29) is 18.4 Å². The highest BCUT2D eigenvalue weighted by molar-refractivity contribution is 6.21. The highest BCUT2D eigenvalue weighted by atomic mass is 16.3. The van der Waals surface area contributed by atoms with Crippen molar-refractivity contribution in [1.29, 1.82) is 0 Å². The Morgan fingerprint density at radius 3 is 2.22 bits per heavy atom. The average molecular weight is 245 g/mol. The number of aliphatic hydroxyl groups excluding tert-OH is 1. The van der Waals surface area contributed by atoms with Crippen LogP contribution >= 0.6 is 0 Å². The Kier molecular flexibility index (Phi) is 3.43. The largest absolute Gasteiger partial charge is 0.369 e. The number of aliphatic hydroxyl groups is 1. The van der Waals surface area contributed by atoms with E-state index >= 15 is 0 Å². The zero-order chi connectivity index (χ0) is 13.1. The van der Waals surface area contributed by atoms with Gasteiger partial charge < -0.3 is 10.0 Å². The predicted molar refractivity (Wildman–Crippen MR) is 64.9 cm³/mol. The van der Waals surface area contributed by atoms with E-state index in [0.29, 0.717) is 17.7 Å². The number of carbonyl (C=O) groups excluding carboxylic acids is 2. The summed E-state index contributed by atoms with van der Waals surface area (Å²) in [5.41, 5.74) is 0.862. The number of fused-ring (bicyclic) bond motifs is 1. The van der Waals surface area contributed by atoms with Gasteiger partial charge in [-0.2, -0.15) is 0 Å². The molecule has 5 heteroatoms. The lowest BCUT2D eigenvalue weighted by Crippen LogP contribution is -2.36. The summed E-state index contributed by atoms with van der Waals surface area (Å²) in [6.07, 6.45) is 1.41. The monoisotopic (exact) mass is 245 g/mol. The third-order valence-corrected chi connectivity index (χ3v) is 2.84. The van der Waals surface area contributed by atoms with Crippen LogP contribution in [-0.4, -0.2) is 39.8 Å². The summed E-state index contributed by atoms with van der Waals surface area (Å²) in [7, 11) is 0. The molecule has 0 aromatic heterocycles. The van der Waals surface area contributed by atoms with E-state index in [2.05, 4.69) is 6.58 Å². The van der Waals surface area contributed by atoms with E-state index in [9.17, 15) is 9.59 Å². The summed E-state index contributed by atoms with van der Waals surface area (Å²) in [5, 5.41) is 8.85. The van der Waals surface area contributed by atoms with Crippen LogP contribution in [0.25, 0.3) is 0 Å². The molecule has 1 aliphatic rings. The minimum absolute atomic E-state index is 0.204. The second kappa shape index (κ2) is 5.01. The lowest BCUT2D eigenvalue weighted by molar-refractivity contribution is 0.0639. The zero-order valence-electron chi connectivity index (χ0n) is 9.74. The molecule has 0 spiro atoms. The molecule has 1 aromatic rings. The first-order valence-corrected chi connectivity index (χ1v) is 5.50. The third kappa shape index (κ3) is 2.00. The summed E-state index contributed by atoms with van der Waals surface area (Å²) in [5.74, 6) is -0.588. The fraction of sp³-hybridized carbons (Fsp3) is 0.154. The molecule has 1 radical (unpaired) electrons. The Bertz CT molecular complexity index is 464. The molecule has 1 heterocycles. The molecule has 5 nitrogen and oxygen atoms in total. The maximum absolute atomic E-state index is 12.0. The molecule has 1 N–H and O–H groups in total. The van der Waals surface area contributed by atoms with Crippen LogP contribution in [0.4, 0.5) is 0 Å². The molecule has 1 aromatic carbocycles. The van der Waals surface area contributed by atoms with E-state index in [1.54, 1.807) is 24.3 Å². The van der Waals surface area contributed by atoms with Gasteiger partial charge in [0.15, 0.2) is 6.73 Å². The van der Waals surface area contributed by atoms with Gasteiger partial charge in [-0.25, -0.2) is 0 Å². The SMILES string of the molecule is C=CN([CH]O)CCN1C(=O)c2ccccc2C1=O. The van der Waals surface area contributed by atoms with E-state index in [4.69, 9.17) is 5.11 Å². The minimum Gasteiger partial charge on any atom is -0.369 e. The van der Waals surface area contributed by atoms with Crippen LogP contribution in [0, 0.1) is 6.73 Å². The molecule has 0 bridgehead atoms. The average Bonchev–Trinajstić information content (AvgIpc) is 2.65. The highest BCUT2D eigenvalue weighted by Gasteiger charge is 2.34. The number of carbonyl (C=O) groups is 2. The molecular formula is C13H13N2O3. The van der Waals surface area contributed by atoms with E-state index in [0.717, 1.165) is 6.73 Å². The summed E-state index contributed by atoms with van der Waals surface area (Å²) in [6.45, 7) is 4.87. The van der Waals surface area contributed by atoms with Crippen molar-refractivity contribution in [2.45, 2.75) is 0 Å². The number of benzene rings is 1.